The zero-order valence-corrected chi connectivity index (χ0v) is 13.6. The summed E-state index contributed by atoms with van der Waals surface area (Å²) >= 11 is 0. The second kappa shape index (κ2) is 7.07. The third-order valence-electron chi connectivity index (χ3n) is 4.43. The third-order valence-corrected chi connectivity index (χ3v) is 4.43. The van der Waals surface area contributed by atoms with Gasteiger partial charge in [0.1, 0.15) is 0 Å². The lowest BCUT2D eigenvalue weighted by Crippen LogP contribution is -2.28. The molecule has 4 heteroatoms. The van der Waals surface area contributed by atoms with Crippen molar-refractivity contribution in [1.29, 1.82) is 0 Å². The molecule has 0 spiro atoms. The molecule has 0 unspecified atom stereocenters. The van der Waals surface area contributed by atoms with Crippen molar-refractivity contribution in [2.24, 2.45) is 0 Å². The minimum atomic E-state index is 0.862. The van der Waals surface area contributed by atoms with Gasteiger partial charge in [-0.25, -0.2) is 4.68 Å². The van der Waals surface area contributed by atoms with E-state index < -0.39 is 0 Å². The van der Waals surface area contributed by atoms with Crippen LogP contribution < -0.4 is 0 Å². The van der Waals surface area contributed by atoms with Gasteiger partial charge < -0.3 is 9.64 Å². The molecule has 0 N–H and O–H groups in total. The lowest BCUT2D eigenvalue weighted by molar-refractivity contribution is 0.141. The van der Waals surface area contributed by atoms with Gasteiger partial charge in [-0.3, -0.25) is 0 Å². The molecular weight excluding hydrogens is 274 g/mol. The van der Waals surface area contributed by atoms with Crippen LogP contribution in [0.1, 0.15) is 23.4 Å². The number of hydrogen-bond donors (Lipinski definition) is 0. The molecule has 0 bridgehead atoms. The van der Waals surface area contributed by atoms with E-state index in [9.17, 15) is 0 Å². The maximum absolute atomic E-state index is 5.53. The minimum absolute atomic E-state index is 0.862. The second-order valence-corrected chi connectivity index (χ2v) is 5.95. The SMILES string of the molecule is Cc1nn(-c2ccccc2)c(C)c1CCN1CCCOCC1. The Bertz CT molecular complexity index is 598. The molecule has 1 fully saturated rings. The normalized spacial score (nSPS) is 16.6. The Morgan fingerprint density at radius 1 is 1.09 bits per heavy atom. The predicted molar refractivity (Wildman–Crippen MR) is 88.6 cm³/mol. The number of para-hydroxylation sites is 1. The van der Waals surface area contributed by atoms with E-state index in [0.717, 1.165) is 57.1 Å². The summed E-state index contributed by atoms with van der Waals surface area (Å²) in [5.41, 5.74) is 4.92. The van der Waals surface area contributed by atoms with Crippen molar-refractivity contribution in [3.05, 3.63) is 47.3 Å². The first-order valence-electron chi connectivity index (χ1n) is 8.16. The number of nitrogens with zero attached hydrogens (tertiary/aromatic N) is 3. The average molecular weight is 299 g/mol. The minimum Gasteiger partial charge on any atom is -0.380 e. The first kappa shape index (κ1) is 15.3. The number of rotatable bonds is 4. The first-order chi connectivity index (χ1) is 10.8. The van der Waals surface area contributed by atoms with Gasteiger partial charge >= 0.3 is 0 Å². The Labute approximate surface area is 132 Å². The van der Waals surface area contributed by atoms with E-state index in [1.165, 1.54) is 11.3 Å². The van der Waals surface area contributed by atoms with E-state index in [1.54, 1.807) is 0 Å². The van der Waals surface area contributed by atoms with E-state index in [1.807, 2.05) is 6.07 Å². The Morgan fingerprint density at radius 3 is 2.73 bits per heavy atom. The molecule has 3 rings (SSSR count). The number of aromatic nitrogens is 2. The third kappa shape index (κ3) is 3.39. The van der Waals surface area contributed by atoms with Crippen LogP contribution in [-0.2, 0) is 11.2 Å². The molecule has 1 aliphatic heterocycles. The van der Waals surface area contributed by atoms with Gasteiger partial charge in [-0.15, -0.1) is 0 Å². The zero-order chi connectivity index (χ0) is 15.4. The van der Waals surface area contributed by atoms with Crippen molar-refractivity contribution in [2.75, 3.05) is 32.8 Å². The van der Waals surface area contributed by atoms with Crippen LogP contribution in [-0.4, -0.2) is 47.5 Å². The molecule has 1 aromatic heterocycles. The first-order valence-corrected chi connectivity index (χ1v) is 8.16. The molecule has 0 radical (unpaired) electrons. The Kier molecular flexibility index (Phi) is 4.90. The monoisotopic (exact) mass is 299 g/mol. The van der Waals surface area contributed by atoms with E-state index in [0.29, 0.717) is 0 Å². The maximum atomic E-state index is 5.53. The fourth-order valence-corrected chi connectivity index (χ4v) is 3.15. The maximum Gasteiger partial charge on any atom is 0.0648 e. The van der Waals surface area contributed by atoms with Crippen molar-refractivity contribution in [3.63, 3.8) is 0 Å². The van der Waals surface area contributed by atoms with Crippen LogP contribution in [0.15, 0.2) is 30.3 Å². The number of aryl methyl sites for hydroxylation is 1. The van der Waals surface area contributed by atoms with Crippen molar-refractivity contribution in [1.82, 2.24) is 14.7 Å². The summed E-state index contributed by atoms with van der Waals surface area (Å²) < 4.78 is 7.59. The van der Waals surface area contributed by atoms with Gasteiger partial charge in [0.05, 0.1) is 18.0 Å². The molecular formula is C18H25N3O. The fraction of sp³-hybridized carbons (Fsp3) is 0.500. The largest absolute Gasteiger partial charge is 0.380 e. The highest BCUT2D eigenvalue weighted by molar-refractivity contribution is 5.37. The molecule has 4 nitrogen and oxygen atoms in total. The molecule has 1 saturated heterocycles. The zero-order valence-electron chi connectivity index (χ0n) is 13.6. The Hall–Kier alpha value is -1.65. The molecule has 2 heterocycles. The number of benzene rings is 1. The van der Waals surface area contributed by atoms with Crippen molar-refractivity contribution in [2.45, 2.75) is 26.7 Å². The fourth-order valence-electron chi connectivity index (χ4n) is 3.15. The van der Waals surface area contributed by atoms with Crippen LogP contribution in [0.2, 0.25) is 0 Å². The van der Waals surface area contributed by atoms with Gasteiger partial charge in [-0.2, -0.15) is 5.10 Å². The summed E-state index contributed by atoms with van der Waals surface area (Å²) in [7, 11) is 0. The molecule has 1 aliphatic rings. The molecule has 2 aromatic rings. The van der Waals surface area contributed by atoms with Gasteiger partial charge in [0.25, 0.3) is 0 Å². The van der Waals surface area contributed by atoms with E-state index >= 15 is 0 Å². The lowest BCUT2D eigenvalue weighted by atomic mass is 10.1. The molecule has 0 atom stereocenters. The van der Waals surface area contributed by atoms with E-state index in [4.69, 9.17) is 9.84 Å². The Morgan fingerprint density at radius 2 is 1.91 bits per heavy atom. The predicted octanol–water partition coefficient (Wildman–Crippen LogP) is 2.75. The highest BCUT2D eigenvalue weighted by atomic mass is 16.5. The van der Waals surface area contributed by atoms with Crippen molar-refractivity contribution < 1.29 is 4.74 Å². The standard InChI is InChI=1S/C18H25N3O/c1-15-18(9-11-20-10-6-13-22-14-12-20)16(2)21(19-15)17-7-4-3-5-8-17/h3-5,7-8H,6,9-14H2,1-2H3. The summed E-state index contributed by atoms with van der Waals surface area (Å²) in [6.45, 7) is 9.34. The van der Waals surface area contributed by atoms with Crippen LogP contribution in [0.4, 0.5) is 0 Å². The van der Waals surface area contributed by atoms with E-state index in [2.05, 4.69) is 47.7 Å². The summed E-state index contributed by atoms with van der Waals surface area (Å²) in [6, 6.07) is 10.4. The summed E-state index contributed by atoms with van der Waals surface area (Å²) in [5.74, 6) is 0. The van der Waals surface area contributed by atoms with Crippen LogP contribution in [0.25, 0.3) is 5.69 Å². The highest BCUT2D eigenvalue weighted by Crippen LogP contribution is 2.18. The van der Waals surface area contributed by atoms with Crippen LogP contribution in [0.5, 0.6) is 0 Å². The van der Waals surface area contributed by atoms with Crippen LogP contribution in [0, 0.1) is 13.8 Å². The summed E-state index contributed by atoms with van der Waals surface area (Å²) in [4.78, 5) is 2.51. The van der Waals surface area contributed by atoms with Gasteiger partial charge in [-0.1, -0.05) is 18.2 Å². The summed E-state index contributed by atoms with van der Waals surface area (Å²) in [5, 5.41) is 4.74. The smallest absolute Gasteiger partial charge is 0.0648 e. The van der Waals surface area contributed by atoms with Gasteiger partial charge in [0.2, 0.25) is 0 Å². The average Bonchev–Trinajstić information content (AvgIpc) is 2.73. The topological polar surface area (TPSA) is 30.3 Å². The van der Waals surface area contributed by atoms with E-state index in [-0.39, 0.29) is 0 Å². The number of hydrogen-bond acceptors (Lipinski definition) is 3. The molecule has 22 heavy (non-hydrogen) atoms. The Balaban J connectivity index is 1.73. The lowest BCUT2D eigenvalue weighted by Gasteiger charge is -2.18. The van der Waals surface area contributed by atoms with Crippen molar-refractivity contribution in [3.8, 4) is 5.69 Å². The molecule has 0 aliphatic carbocycles. The molecule has 0 amide bonds. The van der Waals surface area contributed by atoms with Crippen LogP contribution in [0.3, 0.4) is 0 Å². The highest BCUT2D eigenvalue weighted by Gasteiger charge is 2.15. The molecule has 1 aromatic carbocycles. The number of ether oxygens (including phenoxy) is 1. The van der Waals surface area contributed by atoms with Gasteiger partial charge in [0, 0.05) is 31.9 Å². The molecule has 118 valence electrons. The summed E-state index contributed by atoms with van der Waals surface area (Å²) in [6.07, 6.45) is 2.20. The van der Waals surface area contributed by atoms with Crippen LogP contribution >= 0.6 is 0 Å². The molecule has 0 saturated carbocycles. The quantitative estimate of drug-likeness (QED) is 0.869. The van der Waals surface area contributed by atoms with Gasteiger partial charge in [0.15, 0.2) is 0 Å². The second-order valence-electron chi connectivity index (χ2n) is 5.95. The van der Waals surface area contributed by atoms with Gasteiger partial charge in [-0.05, 0) is 44.4 Å². The van der Waals surface area contributed by atoms with Crippen molar-refractivity contribution >= 4 is 0 Å².